The van der Waals surface area contributed by atoms with E-state index >= 15 is 0 Å². The highest BCUT2D eigenvalue weighted by Gasteiger charge is 2.58. The van der Waals surface area contributed by atoms with Crippen molar-refractivity contribution in [3.63, 3.8) is 0 Å². The van der Waals surface area contributed by atoms with E-state index in [1.807, 2.05) is 13.8 Å². The molecule has 4 rings (SSSR count). The number of imide groups is 1. The Morgan fingerprint density at radius 2 is 1.79 bits per heavy atom. The molecule has 1 aliphatic carbocycles. The number of rotatable bonds is 4. The molecule has 0 radical (unpaired) electrons. The Labute approximate surface area is 195 Å². The van der Waals surface area contributed by atoms with Gasteiger partial charge in [0.25, 0.3) is 5.91 Å². The van der Waals surface area contributed by atoms with E-state index in [0.717, 1.165) is 4.90 Å². The molecule has 34 heavy (non-hydrogen) atoms. The van der Waals surface area contributed by atoms with Crippen LogP contribution in [0.2, 0.25) is 0 Å². The lowest BCUT2D eigenvalue weighted by Crippen LogP contribution is -2.56. The lowest BCUT2D eigenvalue weighted by atomic mass is 9.67. The van der Waals surface area contributed by atoms with Crippen molar-refractivity contribution in [3.05, 3.63) is 34.9 Å². The third kappa shape index (κ3) is 4.30. The van der Waals surface area contributed by atoms with Crippen LogP contribution >= 0.6 is 0 Å². The van der Waals surface area contributed by atoms with Gasteiger partial charge in [-0.3, -0.25) is 24.5 Å². The van der Waals surface area contributed by atoms with Gasteiger partial charge in [-0.15, -0.1) is 0 Å². The minimum atomic E-state index is -4.67. The predicted octanol–water partition coefficient (Wildman–Crippen LogP) is 3.48. The average molecular weight is 479 g/mol. The second-order valence-electron chi connectivity index (χ2n) is 10.4. The maximum absolute atomic E-state index is 14.7. The molecular weight excluding hydrogens is 451 g/mol. The van der Waals surface area contributed by atoms with Gasteiger partial charge in [-0.1, -0.05) is 13.8 Å². The summed E-state index contributed by atoms with van der Waals surface area (Å²) in [5.41, 5.74) is 5.37. The van der Waals surface area contributed by atoms with Crippen LogP contribution < -0.4 is 11.1 Å². The molecule has 2 aliphatic heterocycles. The van der Waals surface area contributed by atoms with E-state index in [4.69, 9.17) is 5.73 Å². The van der Waals surface area contributed by atoms with E-state index in [1.54, 1.807) is 0 Å². The van der Waals surface area contributed by atoms with Gasteiger partial charge >= 0.3 is 6.18 Å². The number of benzene rings is 1. The quantitative estimate of drug-likeness (QED) is 0.645. The number of hydrogen-bond donors (Lipinski definition) is 2. The highest BCUT2D eigenvalue weighted by molar-refractivity contribution is 6.06. The van der Waals surface area contributed by atoms with Crippen molar-refractivity contribution >= 4 is 23.6 Å². The summed E-state index contributed by atoms with van der Waals surface area (Å²) >= 11 is 0. The topological polar surface area (TPSA) is 110 Å². The lowest BCUT2D eigenvalue weighted by Gasteiger charge is -2.44. The van der Waals surface area contributed by atoms with Gasteiger partial charge in [-0.25, -0.2) is 0 Å². The van der Waals surface area contributed by atoms with Gasteiger partial charge in [-0.05, 0) is 67.2 Å². The van der Waals surface area contributed by atoms with Crippen molar-refractivity contribution in [3.8, 4) is 0 Å². The summed E-state index contributed by atoms with van der Waals surface area (Å²) in [4.78, 5) is 50.5. The van der Waals surface area contributed by atoms with E-state index in [1.165, 1.54) is 18.2 Å². The fourth-order valence-electron chi connectivity index (χ4n) is 5.70. The van der Waals surface area contributed by atoms with E-state index in [9.17, 15) is 32.3 Å². The summed E-state index contributed by atoms with van der Waals surface area (Å²) in [7, 11) is 0. The number of primary amides is 1. The monoisotopic (exact) mass is 479 g/mol. The number of nitrogens with two attached hydrogens (primary N) is 1. The van der Waals surface area contributed by atoms with Crippen LogP contribution in [0.5, 0.6) is 0 Å². The molecule has 0 spiro atoms. The first-order chi connectivity index (χ1) is 15.8. The highest BCUT2D eigenvalue weighted by Crippen LogP contribution is 2.54. The second kappa shape index (κ2) is 8.39. The number of alkyl halides is 3. The fourth-order valence-corrected chi connectivity index (χ4v) is 5.70. The van der Waals surface area contributed by atoms with Crippen LogP contribution in [0.15, 0.2) is 18.2 Å². The zero-order valence-corrected chi connectivity index (χ0v) is 19.1. The van der Waals surface area contributed by atoms with Crippen molar-refractivity contribution in [1.82, 2.24) is 10.2 Å². The largest absolute Gasteiger partial charge is 0.394 e. The number of halogens is 3. The van der Waals surface area contributed by atoms with Crippen molar-refractivity contribution in [1.29, 1.82) is 0 Å². The summed E-state index contributed by atoms with van der Waals surface area (Å²) in [6.45, 7) is 4.05. The summed E-state index contributed by atoms with van der Waals surface area (Å²) in [6, 6.07) is 1.14. The van der Waals surface area contributed by atoms with Crippen LogP contribution in [0.25, 0.3) is 0 Å². The SMILES string of the molecule is CC1(C)CCC([C@H](C2c3cc(C(N)=O)ccc3C(=O)N2C2CCC(=O)NC2=O)C(F)(F)F)CC1. The smallest absolute Gasteiger partial charge is 0.366 e. The fraction of sp³-hybridized carbons (Fsp3) is 0.583. The van der Waals surface area contributed by atoms with Crippen molar-refractivity contribution in [2.75, 3.05) is 0 Å². The van der Waals surface area contributed by atoms with Crippen LogP contribution in [0.1, 0.15) is 84.7 Å². The van der Waals surface area contributed by atoms with Crippen molar-refractivity contribution < 1.29 is 32.3 Å². The van der Waals surface area contributed by atoms with Crippen LogP contribution in [-0.2, 0) is 9.59 Å². The Hall–Kier alpha value is -2.91. The number of carbonyl (C=O) groups is 4. The van der Waals surface area contributed by atoms with Crippen molar-refractivity contribution in [2.45, 2.75) is 70.6 Å². The first-order valence-electron chi connectivity index (χ1n) is 11.5. The van der Waals surface area contributed by atoms with Gasteiger partial charge in [0.05, 0.1) is 12.0 Å². The molecule has 2 unspecified atom stereocenters. The van der Waals surface area contributed by atoms with Gasteiger partial charge in [-0.2, -0.15) is 13.2 Å². The molecule has 1 saturated heterocycles. The zero-order chi connectivity index (χ0) is 25.0. The predicted molar refractivity (Wildman–Crippen MR) is 115 cm³/mol. The molecule has 3 aliphatic rings. The number of carbonyl (C=O) groups excluding carboxylic acids is 4. The molecule has 1 saturated carbocycles. The minimum Gasteiger partial charge on any atom is -0.366 e. The van der Waals surface area contributed by atoms with Gasteiger partial charge in [0.15, 0.2) is 0 Å². The summed E-state index contributed by atoms with van der Waals surface area (Å²) in [5, 5.41) is 2.14. The standard InChI is InChI=1S/C24H28F3N3O4/c1-23(2)9-7-12(8-10-23)18(24(25,26)27)19-15-11-13(20(28)32)3-4-14(15)22(34)30(19)16-5-6-17(31)29-21(16)33/h3-4,11-12,16,18-19H,5-10H2,1-2H3,(H2,28,32)(H,29,31,33)/t16?,18-,19?/m1/s1. The number of fused-ring (bicyclic) bond motifs is 1. The molecule has 184 valence electrons. The molecular formula is C24H28F3N3O4. The zero-order valence-electron chi connectivity index (χ0n) is 19.1. The molecule has 4 amide bonds. The molecule has 0 bridgehead atoms. The Balaban J connectivity index is 1.84. The Morgan fingerprint density at radius 1 is 1.15 bits per heavy atom. The van der Waals surface area contributed by atoms with E-state index < -0.39 is 53.7 Å². The van der Waals surface area contributed by atoms with E-state index in [0.29, 0.717) is 25.7 Å². The third-order valence-corrected chi connectivity index (χ3v) is 7.58. The first kappa shape index (κ1) is 24.2. The summed E-state index contributed by atoms with van der Waals surface area (Å²) in [6.07, 6.45) is -2.93. The Morgan fingerprint density at radius 3 is 2.35 bits per heavy atom. The highest BCUT2D eigenvalue weighted by atomic mass is 19.4. The van der Waals surface area contributed by atoms with Gasteiger partial charge in [0, 0.05) is 17.5 Å². The number of amides is 4. The van der Waals surface area contributed by atoms with Crippen LogP contribution in [-0.4, -0.2) is 40.7 Å². The third-order valence-electron chi connectivity index (χ3n) is 7.58. The maximum Gasteiger partial charge on any atom is 0.394 e. The molecule has 1 aromatic rings. The molecule has 2 fully saturated rings. The van der Waals surface area contributed by atoms with E-state index in [2.05, 4.69) is 5.32 Å². The maximum atomic E-state index is 14.7. The minimum absolute atomic E-state index is 0.00706. The molecule has 3 atom stereocenters. The number of piperidine rings is 1. The first-order valence-corrected chi connectivity index (χ1v) is 11.5. The van der Waals surface area contributed by atoms with Crippen molar-refractivity contribution in [2.24, 2.45) is 23.0 Å². The van der Waals surface area contributed by atoms with Crippen LogP contribution in [0, 0.1) is 17.3 Å². The second-order valence-corrected chi connectivity index (χ2v) is 10.4. The average Bonchev–Trinajstić information content (AvgIpc) is 3.00. The van der Waals surface area contributed by atoms with Gasteiger partial charge in [0.2, 0.25) is 17.7 Å². The lowest BCUT2D eigenvalue weighted by molar-refractivity contribution is -0.211. The molecule has 0 aromatic heterocycles. The number of nitrogens with zero attached hydrogens (tertiary/aromatic N) is 1. The molecule has 3 N–H and O–H groups in total. The summed E-state index contributed by atoms with van der Waals surface area (Å²) in [5.74, 6) is -5.54. The van der Waals surface area contributed by atoms with Gasteiger partial charge in [0.1, 0.15) is 6.04 Å². The van der Waals surface area contributed by atoms with Gasteiger partial charge < -0.3 is 10.6 Å². The van der Waals surface area contributed by atoms with E-state index in [-0.39, 0.29) is 34.9 Å². The molecule has 1 aromatic carbocycles. The molecule has 7 nitrogen and oxygen atoms in total. The summed E-state index contributed by atoms with van der Waals surface area (Å²) < 4.78 is 44.2. The van der Waals surface area contributed by atoms with Crippen LogP contribution in [0.4, 0.5) is 13.2 Å². The molecule has 2 heterocycles. The Bertz CT molecular complexity index is 1040. The van der Waals surface area contributed by atoms with Crippen LogP contribution in [0.3, 0.4) is 0 Å². The number of hydrogen-bond acceptors (Lipinski definition) is 4. The number of nitrogens with one attached hydrogen (secondary N) is 1. The normalized spacial score (nSPS) is 26.3. The Kier molecular flexibility index (Phi) is 5.98. The molecule has 10 heteroatoms.